The predicted molar refractivity (Wildman–Crippen MR) is 131 cm³/mol. The fourth-order valence-electron chi connectivity index (χ4n) is 3.25. The third-order valence-corrected chi connectivity index (χ3v) is 7.55. The molecule has 0 saturated heterocycles. The van der Waals surface area contributed by atoms with E-state index in [0.29, 0.717) is 18.7 Å². The maximum atomic E-state index is 12.5. The number of thiophene rings is 1. The molecule has 0 fully saturated rings. The van der Waals surface area contributed by atoms with E-state index in [4.69, 9.17) is 16.3 Å². The summed E-state index contributed by atoms with van der Waals surface area (Å²) in [7, 11) is -3.74. The Kier molecular flexibility index (Phi) is 7.20. The minimum atomic E-state index is -3.74. The highest BCUT2D eigenvalue weighted by atomic mass is 35.5. The fraction of sp³-hybridized carbons (Fsp3) is 0.227. The van der Waals surface area contributed by atoms with Crippen LogP contribution in [0.4, 0.5) is 5.69 Å². The monoisotopic (exact) mass is 506 g/mol. The molecule has 0 aliphatic carbocycles. The standard InChI is InChI=1S/C22H23ClN4O4S2/c1-14-18-4-3-16(11-20(18)26-25-14)31-8-7-24-12-22(28)15-2-5-19(23)21(10-15)27-33(29,30)17-6-9-32-13-17/h2-6,9-11,13,22,24,27-28H,7-8,12H2,1H3,(H,25,26)/t22-/m0/s1. The number of benzene rings is 2. The minimum Gasteiger partial charge on any atom is -0.492 e. The van der Waals surface area contributed by atoms with Crippen LogP contribution in [0.5, 0.6) is 5.75 Å². The van der Waals surface area contributed by atoms with Crippen molar-refractivity contribution in [3.63, 3.8) is 0 Å². The van der Waals surface area contributed by atoms with Gasteiger partial charge >= 0.3 is 0 Å². The molecule has 1 atom stereocenters. The van der Waals surface area contributed by atoms with Gasteiger partial charge in [-0.05, 0) is 48.2 Å². The zero-order valence-corrected chi connectivity index (χ0v) is 20.1. The van der Waals surface area contributed by atoms with Gasteiger partial charge in [0.15, 0.2) is 0 Å². The van der Waals surface area contributed by atoms with Crippen LogP contribution in [-0.2, 0) is 10.0 Å². The second-order valence-corrected chi connectivity index (χ2v) is 10.3. The van der Waals surface area contributed by atoms with Gasteiger partial charge in [0, 0.05) is 35.6 Å². The quantitative estimate of drug-likeness (QED) is 0.241. The minimum absolute atomic E-state index is 0.165. The molecule has 0 aliphatic rings. The first-order valence-corrected chi connectivity index (χ1v) is 12.9. The van der Waals surface area contributed by atoms with E-state index < -0.39 is 16.1 Å². The molecule has 2 heterocycles. The first-order chi connectivity index (χ1) is 15.8. The lowest BCUT2D eigenvalue weighted by molar-refractivity contribution is 0.172. The van der Waals surface area contributed by atoms with Crippen molar-refractivity contribution in [2.45, 2.75) is 17.9 Å². The summed E-state index contributed by atoms with van der Waals surface area (Å²) in [4.78, 5) is 0.165. The fourth-order valence-corrected chi connectivity index (χ4v) is 5.57. The Bertz CT molecular complexity index is 1340. The van der Waals surface area contributed by atoms with Crippen molar-refractivity contribution in [1.82, 2.24) is 15.5 Å². The molecule has 4 aromatic rings. The Labute approximate surface area is 200 Å². The summed E-state index contributed by atoms with van der Waals surface area (Å²) in [5.74, 6) is 0.719. The summed E-state index contributed by atoms with van der Waals surface area (Å²) in [6, 6.07) is 12.0. The summed E-state index contributed by atoms with van der Waals surface area (Å²) >= 11 is 7.45. The molecule has 4 rings (SSSR count). The molecule has 0 saturated carbocycles. The van der Waals surface area contributed by atoms with Gasteiger partial charge < -0.3 is 15.2 Å². The van der Waals surface area contributed by atoms with Gasteiger partial charge in [-0.1, -0.05) is 17.7 Å². The van der Waals surface area contributed by atoms with Crippen molar-refractivity contribution in [2.24, 2.45) is 0 Å². The number of hydrogen-bond donors (Lipinski definition) is 4. The number of rotatable bonds is 10. The number of fused-ring (bicyclic) bond motifs is 1. The number of ether oxygens (including phenoxy) is 1. The van der Waals surface area contributed by atoms with Gasteiger partial charge in [0.25, 0.3) is 10.0 Å². The lowest BCUT2D eigenvalue weighted by Gasteiger charge is -2.15. The molecular formula is C22H23ClN4O4S2. The molecule has 4 N–H and O–H groups in total. The van der Waals surface area contributed by atoms with Crippen molar-refractivity contribution >= 4 is 49.6 Å². The predicted octanol–water partition coefficient (Wildman–Crippen LogP) is 4.09. The summed E-state index contributed by atoms with van der Waals surface area (Å²) in [6.07, 6.45) is -0.852. The molecule has 0 aliphatic heterocycles. The SMILES string of the molecule is Cc1[nH]nc2cc(OCCNC[C@H](O)c3ccc(Cl)c(NS(=O)(=O)c4ccsc4)c3)ccc12. The number of aryl methyl sites for hydroxylation is 1. The highest BCUT2D eigenvalue weighted by Gasteiger charge is 2.18. The van der Waals surface area contributed by atoms with E-state index in [1.807, 2.05) is 25.1 Å². The number of H-pyrrole nitrogens is 1. The average molecular weight is 507 g/mol. The second-order valence-electron chi connectivity index (χ2n) is 7.40. The normalized spacial score (nSPS) is 12.7. The molecule has 2 aromatic carbocycles. The molecule has 0 radical (unpaired) electrons. The van der Waals surface area contributed by atoms with Gasteiger partial charge in [-0.15, -0.1) is 0 Å². The molecule has 2 aromatic heterocycles. The molecule has 174 valence electrons. The number of sulfonamides is 1. The Morgan fingerprint density at radius 3 is 2.88 bits per heavy atom. The number of aromatic nitrogens is 2. The van der Waals surface area contributed by atoms with Crippen LogP contribution in [0.3, 0.4) is 0 Å². The number of nitrogens with one attached hydrogen (secondary N) is 3. The number of nitrogens with zero attached hydrogens (tertiary/aromatic N) is 1. The third-order valence-electron chi connectivity index (χ3n) is 5.03. The van der Waals surface area contributed by atoms with Gasteiger partial charge in [-0.3, -0.25) is 9.82 Å². The maximum absolute atomic E-state index is 12.5. The van der Waals surface area contributed by atoms with Crippen molar-refractivity contribution in [2.75, 3.05) is 24.4 Å². The second kappa shape index (κ2) is 10.1. The number of anilines is 1. The summed E-state index contributed by atoms with van der Waals surface area (Å²) in [5, 5.41) is 25.3. The molecule has 0 unspecified atom stereocenters. The lowest BCUT2D eigenvalue weighted by Crippen LogP contribution is -2.26. The smallest absolute Gasteiger partial charge is 0.262 e. The summed E-state index contributed by atoms with van der Waals surface area (Å²) in [5.41, 5.74) is 2.61. The van der Waals surface area contributed by atoms with E-state index in [1.54, 1.807) is 17.5 Å². The van der Waals surface area contributed by atoms with Crippen LogP contribution in [0.25, 0.3) is 10.9 Å². The lowest BCUT2D eigenvalue weighted by atomic mass is 10.1. The van der Waals surface area contributed by atoms with E-state index in [0.717, 1.165) is 22.3 Å². The van der Waals surface area contributed by atoms with Gasteiger partial charge in [0.2, 0.25) is 0 Å². The zero-order valence-electron chi connectivity index (χ0n) is 17.7. The van der Waals surface area contributed by atoms with Crippen LogP contribution in [0.15, 0.2) is 58.1 Å². The molecule has 33 heavy (non-hydrogen) atoms. The van der Waals surface area contributed by atoms with Crippen LogP contribution in [0.1, 0.15) is 17.4 Å². The maximum Gasteiger partial charge on any atom is 0.262 e. The number of halogens is 1. The zero-order chi connectivity index (χ0) is 23.4. The summed E-state index contributed by atoms with van der Waals surface area (Å²) < 4.78 is 33.2. The average Bonchev–Trinajstić information content (AvgIpc) is 3.46. The first kappa shape index (κ1) is 23.5. The van der Waals surface area contributed by atoms with Gasteiger partial charge in [0.1, 0.15) is 12.4 Å². The molecule has 0 bridgehead atoms. The Hall–Kier alpha value is -2.63. The Morgan fingerprint density at radius 2 is 2.09 bits per heavy atom. The summed E-state index contributed by atoms with van der Waals surface area (Å²) in [6.45, 7) is 3.15. The molecular weight excluding hydrogens is 484 g/mol. The highest BCUT2D eigenvalue weighted by Crippen LogP contribution is 2.28. The Balaban J connectivity index is 1.29. The van der Waals surface area contributed by atoms with Gasteiger partial charge in [0.05, 0.1) is 27.2 Å². The van der Waals surface area contributed by atoms with Crippen molar-refractivity contribution < 1.29 is 18.3 Å². The number of hydrogen-bond acceptors (Lipinski definition) is 7. The molecule has 0 amide bonds. The van der Waals surface area contributed by atoms with Gasteiger partial charge in [-0.25, -0.2) is 8.42 Å². The van der Waals surface area contributed by atoms with Crippen LogP contribution >= 0.6 is 22.9 Å². The third kappa shape index (κ3) is 5.66. The van der Waals surface area contributed by atoms with Crippen LogP contribution in [0, 0.1) is 6.92 Å². The first-order valence-electron chi connectivity index (χ1n) is 10.1. The van der Waals surface area contributed by atoms with Crippen molar-refractivity contribution in [3.05, 3.63) is 69.5 Å². The molecule has 11 heteroatoms. The number of aromatic amines is 1. The topological polar surface area (TPSA) is 116 Å². The van der Waals surface area contributed by atoms with E-state index in [2.05, 4.69) is 20.2 Å². The van der Waals surface area contributed by atoms with E-state index >= 15 is 0 Å². The number of aliphatic hydroxyl groups excluding tert-OH is 1. The van der Waals surface area contributed by atoms with E-state index in [9.17, 15) is 13.5 Å². The molecule has 0 spiro atoms. The largest absolute Gasteiger partial charge is 0.492 e. The van der Waals surface area contributed by atoms with Crippen LogP contribution in [0.2, 0.25) is 5.02 Å². The van der Waals surface area contributed by atoms with Crippen LogP contribution < -0.4 is 14.8 Å². The number of aliphatic hydroxyl groups is 1. The highest BCUT2D eigenvalue weighted by molar-refractivity contribution is 7.92. The molecule has 8 nitrogen and oxygen atoms in total. The van der Waals surface area contributed by atoms with Crippen molar-refractivity contribution in [1.29, 1.82) is 0 Å². The Morgan fingerprint density at radius 1 is 1.24 bits per heavy atom. The van der Waals surface area contributed by atoms with Crippen LogP contribution in [-0.4, -0.2) is 43.4 Å². The van der Waals surface area contributed by atoms with Gasteiger partial charge in [-0.2, -0.15) is 16.4 Å². The van der Waals surface area contributed by atoms with E-state index in [1.165, 1.54) is 28.8 Å². The van der Waals surface area contributed by atoms with Crippen molar-refractivity contribution in [3.8, 4) is 5.75 Å². The van der Waals surface area contributed by atoms with E-state index in [-0.39, 0.29) is 22.2 Å².